The second kappa shape index (κ2) is 6.02. The van der Waals surface area contributed by atoms with E-state index < -0.39 is 5.82 Å². The molecule has 19 heavy (non-hydrogen) atoms. The van der Waals surface area contributed by atoms with Crippen molar-refractivity contribution in [1.29, 1.82) is 0 Å². The van der Waals surface area contributed by atoms with E-state index in [2.05, 4.69) is 11.8 Å². The molecule has 104 valence electrons. The summed E-state index contributed by atoms with van der Waals surface area (Å²) in [4.78, 5) is 16.0. The van der Waals surface area contributed by atoms with Crippen LogP contribution in [0.2, 0.25) is 0 Å². The number of rotatable bonds is 3. The molecular formula is C14H19FN2O2. The highest BCUT2D eigenvalue weighted by Crippen LogP contribution is 2.15. The van der Waals surface area contributed by atoms with Crippen molar-refractivity contribution in [2.45, 2.75) is 13.0 Å². The van der Waals surface area contributed by atoms with Crippen molar-refractivity contribution in [1.82, 2.24) is 9.80 Å². The number of benzene rings is 1. The van der Waals surface area contributed by atoms with Crippen LogP contribution in [0.15, 0.2) is 24.3 Å². The summed E-state index contributed by atoms with van der Waals surface area (Å²) in [5, 5.41) is 0. The molecule has 4 nitrogen and oxygen atoms in total. The zero-order valence-corrected chi connectivity index (χ0v) is 11.3. The number of ether oxygens (including phenoxy) is 1. The lowest BCUT2D eigenvalue weighted by atomic mass is 10.2. The lowest BCUT2D eigenvalue weighted by Crippen LogP contribution is -2.53. The summed E-state index contributed by atoms with van der Waals surface area (Å²) in [5.41, 5.74) is 0. The number of hydrogen-bond acceptors (Lipinski definition) is 3. The molecule has 1 aromatic carbocycles. The summed E-state index contributed by atoms with van der Waals surface area (Å²) in [5.74, 6) is -0.414. The molecule has 0 radical (unpaired) electrons. The summed E-state index contributed by atoms with van der Waals surface area (Å²) < 4.78 is 18.6. The van der Waals surface area contributed by atoms with Gasteiger partial charge < -0.3 is 14.5 Å². The predicted molar refractivity (Wildman–Crippen MR) is 70.6 cm³/mol. The van der Waals surface area contributed by atoms with Crippen molar-refractivity contribution < 1.29 is 13.9 Å². The molecule has 0 bridgehead atoms. The molecule has 5 heteroatoms. The lowest BCUT2D eigenvalue weighted by molar-refractivity contribution is -0.136. The van der Waals surface area contributed by atoms with E-state index in [1.807, 2.05) is 7.05 Å². The normalized spacial score (nSPS) is 20.4. The lowest BCUT2D eigenvalue weighted by Gasteiger charge is -2.37. The van der Waals surface area contributed by atoms with Crippen molar-refractivity contribution in [3.63, 3.8) is 0 Å². The molecule has 0 spiro atoms. The van der Waals surface area contributed by atoms with E-state index in [0.29, 0.717) is 19.1 Å². The summed E-state index contributed by atoms with van der Waals surface area (Å²) in [6.45, 7) is 4.21. The Bertz CT molecular complexity index is 453. The molecule has 1 fully saturated rings. The molecule has 1 unspecified atom stereocenters. The number of hydrogen-bond donors (Lipinski definition) is 0. The van der Waals surface area contributed by atoms with Crippen LogP contribution in [0, 0.1) is 5.82 Å². The average molecular weight is 266 g/mol. The SMILES string of the molecule is CC1CN(C(=O)COc2ccccc2F)CCN1C. The molecule has 1 aliphatic rings. The first kappa shape index (κ1) is 13.8. The molecule has 0 aliphatic carbocycles. The highest BCUT2D eigenvalue weighted by molar-refractivity contribution is 5.78. The Labute approximate surface area is 112 Å². The Hall–Kier alpha value is -1.62. The maximum atomic E-state index is 13.3. The molecule has 0 saturated carbocycles. The number of carbonyl (C=O) groups is 1. The maximum Gasteiger partial charge on any atom is 0.260 e. The second-order valence-electron chi connectivity index (χ2n) is 4.89. The summed E-state index contributed by atoms with van der Waals surface area (Å²) in [6, 6.07) is 6.45. The van der Waals surface area contributed by atoms with Gasteiger partial charge in [0.25, 0.3) is 5.91 Å². The van der Waals surface area contributed by atoms with Gasteiger partial charge in [-0.15, -0.1) is 0 Å². The fraction of sp³-hybridized carbons (Fsp3) is 0.500. The van der Waals surface area contributed by atoms with Gasteiger partial charge in [0, 0.05) is 25.7 Å². The molecule has 1 saturated heterocycles. The number of halogens is 1. The fourth-order valence-corrected chi connectivity index (χ4v) is 2.07. The Morgan fingerprint density at radius 3 is 2.84 bits per heavy atom. The molecule has 1 aromatic rings. The minimum atomic E-state index is -0.443. The van der Waals surface area contributed by atoms with E-state index in [1.54, 1.807) is 17.0 Å². The third-order valence-electron chi connectivity index (χ3n) is 3.50. The van der Waals surface area contributed by atoms with Crippen LogP contribution in [0.25, 0.3) is 0 Å². The van der Waals surface area contributed by atoms with Crippen LogP contribution in [-0.4, -0.2) is 55.0 Å². The number of carbonyl (C=O) groups excluding carboxylic acids is 1. The number of nitrogens with zero attached hydrogens (tertiary/aromatic N) is 2. The molecule has 1 amide bonds. The van der Waals surface area contributed by atoms with Gasteiger partial charge in [-0.1, -0.05) is 12.1 Å². The van der Waals surface area contributed by atoms with Gasteiger partial charge >= 0.3 is 0 Å². The summed E-state index contributed by atoms with van der Waals surface area (Å²) in [6.07, 6.45) is 0. The third kappa shape index (κ3) is 3.44. The van der Waals surface area contributed by atoms with E-state index in [9.17, 15) is 9.18 Å². The highest BCUT2D eigenvalue weighted by atomic mass is 19.1. The van der Waals surface area contributed by atoms with Crippen LogP contribution in [0.4, 0.5) is 4.39 Å². The average Bonchev–Trinajstić information content (AvgIpc) is 2.40. The van der Waals surface area contributed by atoms with Crippen LogP contribution >= 0.6 is 0 Å². The monoisotopic (exact) mass is 266 g/mol. The van der Waals surface area contributed by atoms with Crippen LogP contribution in [0.3, 0.4) is 0 Å². The predicted octanol–water partition coefficient (Wildman–Crippen LogP) is 1.37. The molecule has 0 aromatic heterocycles. The van der Waals surface area contributed by atoms with E-state index in [1.165, 1.54) is 12.1 Å². The maximum absolute atomic E-state index is 13.3. The smallest absolute Gasteiger partial charge is 0.260 e. The van der Waals surface area contributed by atoms with Gasteiger partial charge in [0.15, 0.2) is 18.2 Å². The van der Waals surface area contributed by atoms with Crippen LogP contribution in [0.1, 0.15) is 6.92 Å². The Morgan fingerprint density at radius 1 is 1.42 bits per heavy atom. The molecule has 2 rings (SSSR count). The fourth-order valence-electron chi connectivity index (χ4n) is 2.07. The van der Waals surface area contributed by atoms with Crippen molar-refractivity contribution in [3.8, 4) is 5.75 Å². The zero-order valence-electron chi connectivity index (χ0n) is 11.3. The Balaban J connectivity index is 1.87. The summed E-state index contributed by atoms with van der Waals surface area (Å²) in [7, 11) is 2.04. The molecule has 1 heterocycles. The molecule has 1 atom stereocenters. The van der Waals surface area contributed by atoms with Gasteiger partial charge in [-0.2, -0.15) is 0 Å². The van der Waals surface area contributed by atoms with Gasteiger partial charge in [-0.25, -0.2) is 4.39 Å². The van der Waals surface area contributed by atoms with Crippen LogP contribution < -0.4 is 4.74 Å². The number of amides is 1. The quantitative estimate of drug-likeness (QED) is 0.828. The number of likely N-dealkylation sites (N-methyl/N-ethyl adjacent to an activating group) is 1. The zero-order chi connectivity index (χ0) is 13.8. The largest absolute Gasteiger partial charge is 0.481 e. The van der Waals surface area contributed by atoms with E-state index in [-0.39, 0.29) is 18.3 Å². The van der Waals surface area contributed by atoms with Crippen molar-refractivity contribution in [2.75, 3.05) is 33.3 Å². The second-order valence-corrected chi connectivity index (χ2v) is 4.89. The minimum Gasteiger partial charge on any atom is -0.481 e. The van der Waals surface area contributed by atoms with Crippen LogP contribution in [0.5, 0.6) is 5.75 Å². The first-order valence-electron chi connectivity index (χ1n) is 6.43. The van der Waals surface area contributed by atoms with Crippen molar-refractivity contribution in [3.05, 3.63) is 30.1 Å². The Morgan fingerprint density at radius 2 is 2.16 bits per heavy atom. The van der Waals surface area contributed by atoms with Crippen molar-refractivity contribution >= 4 is 5.91 Å². The minimum absolute atomic E-state index is 0.0943. The molecule has 1 aliphatic heterocycles. The topological polar surface area (TPSA) is 32.8 Å². The first-order valence-corrected chi connectivity index (χ1v) is 6.43. The van der Waals surface area contributed by atoms with E-state index in [4.69, 9.17) is 4.74 Å². The van der Waals surface area contributed by atoms with Crippen molar-refractivity contribution in [2.24, 2.45) is 0 Å². The third-order valence-corrected chi connectivity index (χ3v) is 3.50. The van der Waals surface area contributed by atoms with Gasteiger partial charge in [0.1, 0.15) is 0 Å². The number of para-hydroxylation sites is 1. The standard InChI is InChI=1S/C14H19FN2O2/c1-11-9-17(8-7-16(11)2)14(18)10-19-13-6-4-3-5-12(13)15/h3-6,11H,7-10H2,1-2H3. The van der Waals surface area contributed by atoms with Gasteiger partial charge in [0.2, 0.25) is 0 Å². The molecule has 0 N–H and O–H groups in total. The van der Waals surface area contributed by atoms with Gasteiger partial charge in [0.05, 0.1) is 0 Å². The van der Waals surface area contributed by atoms with Gasteiger partial charge in [-0.05, 0) is 26.1 Å². The van der Waals surface area contributed by atoms with E-state index in [0.717, 1.165) is 6.54 Å². The van der Waals surface area contributed by atoms with Gasteiger partial charge in [-0.3, -0.25) is 4.79 Å². The molecular weight excluding hydrogens is 247 g/mol. The summed E-state index contributed by atoms with van der Waals surface area (Å²) >= 11 is 0. The van der Waals surface area contributed by atoms with Crippen LogP contribution in [-0.2, 0) is 4.79 Å². The van der Waals surface area contributed by atoms with E-state index >= 15 is 0 Å². The first-order chi connectivity index (χ1) is 9.08. The number of piperazine rings is 1. The highest BCUT2D eigenvalue weighted by Gasteiger charge is 2.24. The Kier molecular flexibility index (Phi) is 4.37.